The van der Waals surface area contributed by atoms with E-state index in [1.54, 1.807) is 27.7 Å². The number of benzene rings is 2. The van der Waals surface area contributed by atoms with Gasteiger partial charge in [0.1, 0.15) is 0 Å². The Morgan fingerprint density at radius 2 is 1.40 bits per heavy atom. The fourth-order valence-corrected chi connectivity index (χ4v) is 6.19. The van der Waals surface area contributed by atoms with E-state index >= 15 is 0 Å². The molecule has 2 rings (SSSR count). The van der Waals surface area contributed by atoms with E-state index in [0.29, 0.717) is 0 Å². The highest BCUT2D eigenvalue weighted by atomic mass is 31.2. The Hall–Kier alpha value is -1.94. The number of rotatable bonds is 11. The Morgan fingerprint density at radius 1 is 0.900 bits per heavy atom. The van der Waals surface area contributed by atoms with Gasteiger partial charge in [-0.3, -0.25) is 9.36 Å². The maximum atomic E-state index is 14.3. The maximum absolute atomic E-state index is 14.3. The lowest BCUT2D eigenvalue weighted by Crippen LogP contribution is -2.48. The van der Waals surface area contributed by atoms with E-state index in [-0.39, 0.29) is 25.7 Å². The lowest BCUT2D eigenvalue weighted by atomic mass is 9.82. The van der Waals surface area contributed by atoms with Crippen molar-refractivity contribution in [2.24, 2.45) is 0 Å². The fraction of sp³-hybridized carbons (Fsp3) is 0.458. The molecular formula is C24H33O5P. The third-order valence-electron chi connectivity index (χ3n) is 5.12. The van der Waals surface area contributed by atoms with Crippen molar-refractivity contribution in [1.82, 2.24) is 0 Å². The quantitative estimate of drug-likeness (QED) is 0.322. The average Bonchev–Trinajstić information content (AvgIpc) is 2.72. The number of carbonyl (C=O) groups excluding carboxylic acids is 1. The molecule has 6 heteroatoms. The Kier molecular flexibility index (Phi) is 8.84. The van der Waals surface area contributed by atoms with E-state index in [0.717, 1.165) is 11.1 Å². The summed E-state index contributed by atoms with van der Waals surface area (Å²) in [5.41, 5.74) is 1.73. The Balaban J connectivity index is 2.77. The van der Waals surface area contributed by atoms with Crippen molar-refractivity contribution in [2.75, 3.05) is 13.2 Å². The van der Waals surface area contributed by atoms with Gasteiger partial charge in [-0.15, -0.1) is 0 Å². The lowest BCUT2D eigenvalue weighted by Gasteiger charge is -2.41. The second-order valence-corrected chi connectivity index (χ2v) is 9.82. The van der Waals surface area contributed by atoms with E-state index < -0.39 is 24.6 Å². The second kappa shape index (κ2) is 10.9. The van der Waals surface area contributed by atoms with Crippen molar-refractivity contribution in [3.63, 3.8) is 0 Å². The van der Waals surface area contributed by atoms with E-state index in [9.17, 15) is 9.36 Å². The summed E-state index contributed by atoms with van der Waals surface area (Å²) in [5.74, 6) is -1.04. The molecule has 164 valence electrons. The van der Waals surface area contributed by atoms with Crippen molar-refractivity contribution in [2.45, 2.75) is 58.2 Å². The van der Waals surface area contributed by atoms with Crippen LogP contribution in [0.5, 0.6) is 0 Å². The van der Waals surface area contributed by atoms with Crippen LogP contribution in [-0.2, 0) is 29.6 Å². The van der Waals surface area contributed by atoms with Crippen molar-refractivity contribution in [3.8, 4) is 0 Å². The van der Waals surface area contributed by atoms with Crippen LogP contribution in [0.4, 0.5) is 0 Å². The van der Waals surface area contributed by atoms with E-state index in [4.69, 9.17) is 13.8 Å². The van der Waals surface area contributed by atoms with Crippen LogP contribution >= 0.6 is 7.60 Å². The first-order valence-corrected chi connectivity index (χ1v) is 12.0. The largest absolute Gasteiger partial charge is 0.462 e. The summed E-state index contributed by atoms with van der Waals surface area (Å²) in [6.07, 6.45) is -0.195. The SMILES string of the molecule is CCOP(=O)(OCC)[C@](Cc1ccccc1)(C(=O)OC(C)C)[C@@H](C)c1ccccc1. The molecule has 5 nitrogen and oxygen atoms in total. The first-order chi connectivity index (χ1) is 14.3. The molecule has 2 aromatic carbocycles. The lowest BCUT2D eigenvalue weighted by molar-refractivity contribution is -0.152. The summed E-state index contributed by atoms with van der Waals surface area (Å²) in [5, 5.41) is -1.54. The van der Waals surface area contributed by atoms with Crippen molar-refractivity contribution >= 4 is 13.6 Å². The van der Waals surface area contributed by atoms with Gasteiger partial charge < -0.3 is 13.8 Å². The molecule has 2 atom stereocenters. The van der Waals surface area contributed by atoms with Gasteiger partial charge in [0.15, 0.2) is 5.16 Å². The summed E-state index contributed by atoms with van der Waals surface area (Å²) < 4.78 is 31.6. The van der Waals surface area contributed by atoms with Crippen LogP contribution in [0.15, 0.2) is 60.7 Å². The predicted molar refractivity (Wildman–Crippen MR) is 120 cm³/mol. The molecule has 0 aliphatic rings. The Labute approximate surface area is 180 Å². The smallest absolute Gasteiger partial charge is 0.348 e. The molecule has 0 fully saturated rings. The molecule has 2 aromatic rings. The molecule has 0 spiro atoms. The van der Waals surface area contributed by atoms with Crippen molar-refractivity contribution in [3.05, 3.63) is 71.8 Å². The maximum Gasteiger partial charge on any atom is 0.348 e. The zero-order valence-corrected chi connectivity index (χ0v) is 19.4. The summed E-state index contributed by atoms with van der Waals surface area (Å²) in [4.78, 5) is 13.7. The zero-order valence-electron chi connectivity index (χ0n) is 18.5. The molecule has 0 unspecified atom stereocenters. The first-order valence-electron chi connectivity index (χ1n) is 10.5. The van der Waals surface area contributed by atoms with Crippen molar-refractivity contribution < 1.29 is 23.1 Å². The van der Waals surface area contributed by atoms with Crippen LogP contribution < -0.4 is 0 Å². The van der Waals surface area contributed by atoms with E-state index in [1.165, 1.54) is 0 Å². The molecule has 0 aliphatic carbocycles. The minimum absolute atomic E-state index is 0.157. The predicted octanol–water partition coefficient (Wildman–Crippen LogP) is 5.99. The molecule has 0 aliphatic heterocycles. The van der Waals surface area contributed by atoms with Gasteiger partial charge in [0, 0.05) is 12.3 Å². The highest BCUT2D eigenvalue weighted by Crippen LogP contribution is 2.66. The topological polar surface area (TPSA) is 61.8 Å². The highest BCUT2D eigenvalue weighted by molar-refractivity contribution is 7.57. The number of ether oxygens (including phenoxy) is 1. The van der Waals surface area contributed by atoms with E-state index in [1.807, 2.05) is 67.6 Å². The van der Waals surface area contributed by atoms with Crippen LogP contribution in [0.1, 0.15) is 51.7 Å². The number of hydrogen-bond acceptors (Lipinski definition) is 5. The standard InChI is InChI=1S/C24H33O5P/c1-6-27-30(26,28-7-2)24(23(25)29-19(3)4,18-21-14-10-8-11-15-21)20(5)22-16-12-9-13-17-22/h8-17,19-20H,6-7,18H2,1-5H3/t20-,24-/m0/s1. The third kappa shape index (κ3) is 5.21. The van der Waals surface area contributed by atoms with E-state index in [2.05, 4.69) is 0 Å². The van der Waals surface area contributed by atoms with Gasteiger partial charge in [-0.1, -0.05) is 67.6 Å². The van der Waals surface area contributed by atoms with Gasteiger partial charge >= 0.3 is 13.6 Å². The molecule has 0 saturated carbocycles. The molecule has 30 heavy (non-hydrogen) atoms. The summed E-state index contributed by atoms with van der Waals surface area (Å²) in [6, 6.07) is 19.1. The highest BCUT2D eigenvalue weighted by Gasteiger charge is 2.61. The Morgan fingerprint density at radius 3 is 1.87 bits per heavy atom. The molecule has 0 radical (unpaired) electrons. The summed E-state index contributed by atoms with van der Waals surface area (Å²) in [6.45, 7) is 9.27. The summed E-state index contributed by atoms with van der Waals surface area (Å²) in [7, 11) is -3.93. The number of hydrogen-bond donors (Lipinski definition) is 0. The minimum Gasteiger partial charge on any atom is -0.462 e. The van der Waals surface area contributed by atoms with Crippen molar-refractivity contribution in [1.29, 1.82) is 0 Å². The van der Waals surface area contributed by atoms with Gasteiger partial charge in [-0.05, 0) is 38.8 Å². The third-order valence-corrected chi connectivity index (χ3v) is 8.02. The van der Waals surface area contributed by atoms with Gasteiger partial charge in [-0.25, -0.2) is 0 Å². The van der Waals surface area contributed by atoms with Crippen LogP contribution in [-0.4, -0.2) is 30.4 Å². The second-order valence-electron chi connectivity index (χ2n) is 7.51. The Bertz CT molecular complexity index is 827. The molecule has 0 bridgehead atoms. The molecule has 0 amide bonds. The average molecular weight is 432 g/mol. The van der Waals surface area contributed by atoms with Gasteiger partial charge in [0.05, 0.1) is 19.3 Å². The number of carbonyl (C=O) groups is 1. The molecule has 0 saturated heterocycles. The summed E-state index contributed by atoms with van der Waals surface area (Å²) >= 11 is 0. The molecule has 0 N–H and O–H groups in total. The normalized spacial score (nSPS) is 14.9. The van der Waals surface area contributed by atoms with Gasteiger partial charge in [0.25, 0.3) is 0 Å². The molecule has 0 heterocycles. The molecular weight excluding hydrogens is 399 g/mol. The van der Waals surface area contributed by atoms with Gasteiger partial charge in [0.2, 0.25) is 0 Å². The zero-order chi connectivity index (χ0) is 22.2. The molecule has 0 aromatic heterocycles. The van der Waals surface area contributed by atoms with Crippen LogP contribution in [0, 0.1) is 0 Å². The minimum atomic E-state index is -3.93. The number of esters is 1. The van der Waals surface area contributed by atoms with Crippen LogP contribution in [0.25, 0.3) is 0 Å². The van der Waals surface area contributed by atoms with Crippen LogP contribution in [0.2, 0.25) is 0 Å². The monoisotopic (exact) mass is 432 g/mol. The fourth-order valence-electron chi connectivity index (χ4n) is 3.70. The first kappa shape index (κ1) is 24.3. The van der Waals surface area contributed by atoms with Crippen LogP contribution in [0.3, 0.4) is 0 Å². The van der Waals surface area contributed by atoms with Gasteiger partial charge in [-0.2, -0.15) is 0 Å².